The van der Waals surface area contributed by atoms with Crippen molar-refractivity contribution in [2.75, 3.05) is 11.9 Å². The third-order valence-corrected chi connectivity index (χ3v) is 4.75. The quantitative estimate of drug-likeness (QED) is 0.387. The average molecular weight is 293 g/mol. The Hall–Kier alpha value is -1.72. The van der Waals surface area contributed by atoms with Crippen molar-refractivity contribution in [1.82, 2.24) is 9.78 Å². The van der Waals surface area contributed by atoms with Crippen LogP contribution in [0.4, 0.5) is 5.82 Å². The van der Waals surface area contributed by atoms with Crippen LogP contribution in [-0.4, -0.2) is 33.9 Å². The molecule has 21 heavy (non-hydrogen) atoms. The van der Waals surface area contributed by atoms with Crippen LogP contribution in [0.2, 0.25) is 0 Å². The highest BCUT2D eigenvalue weighted by Crippen LogP contribution is 2.38. The Morgan fingerprint density at radius 2 is 2.00 bits per heavy atom. The second-order valence-corrected chi connectivity index (χ2v) is 6.90. The molecular weight excluding hydrogens is 266 g/mol. The van der Waals surface area contributed by atoms with Crippen molar-refractivity contribution in [2.45, 2.75) is 52.5 Å². The first-order valence-corrected chi connectivity index (χ1v) is 7.51. The lowest BCUT2D eigenvalue weighted by atomic mass is 9.75. The monoisotopic (exact) mass is 293 g/mol. The summed E-state index contributed by atoms with van der Waals surface area (Å²) in [4.78, 5) is 2.24. The fourth-order valence-corrected chi connectivity index (χ4v) is 3.34. The molecule has 0 bridgehead atoms. The van der Waals surface area contributed by atoms with Gasteiger partial charge in [0.15, 0.2) is 5.84 Å². The van der Waals surface area contributed by atoms with Gasteiger partial charge in [-0.3, -0.25) is 4.68 Å². The third-order valence-electron chi connectivity index (χ3n) is 4.75. The number of rotatable bonds is 3. The van der Waals surface area contributed by atoms with Crippen molar-refractivity contribution in [2.24, 2.45) is 23.4 Å². The zero-order chi connectivity index (χ0) is 15.8. The van der Waals surface area contributed by atoms with Gasteiger partial charge >= 0.3 is 0 Å². The summed E-state index contributed by atoms with van der Waals surface area (Å²) in [6.07, 6.45) is 4.75. The molecule has 1 aliphatic carbocycles. The fourth-order valence-electron chi connectivity index (χ4n) is 3.34. The second-order valence-electron chi connectivity index (χ2n) is 6.90. The maximum atomic E-state index is 9.01. The first-order valence-electron chi connectivity index (χ1n) is 7.51. The minimum Gasteiger partial charge on any atom is -0.409 e. The van der Waals surface area contributed by atoms with Crippen LogP contribution < -0.4 is 10.6 Å². The minimum atomic E-state index is 0.124. The van der Waals surface area contributed by atoms with Crippen LogP contribution in [0.3, 0.4) is 0 Å². The molecule has 1 aromatic rings. The normalized spacial score (nSPS) is 19.8. The molecule has 1 aliphatic rings. The molecule has 0 radical (unpaired) electrons. The van der Waals surface area contributed by atoms with E-state index >= 15 is 0 Å². The summed E-state index contributed by atoms with van der Waals surface area (Å²) in [5.41, 5.74) is 7.79. The van der Waals surface area contributed by atoms with Crippen LogP contribution in [0.25, 0.3) is 0 Å². The molecule has 0 saturated heterocycles. The number of hydrogen-bond donors (Lipinski definition) is 2. The Balaban J connectivity index is 2.30. The molecule has 3 N–H and O–H groups in total. The van der Waals surface area contributed by atoms with Gasteiger partial charge < -0.3 is 15.8 Å². The molecule has 2 rings (SSSR count). The van der Waals surface area contributed by atoms with E-state index in [4.69, 9.17) is 10.9 Å². The van der Waals surface area contributed by atoms with Gasteiger partial charge in [-0.25, -0.2) is 0 Å². The predicted molar refractivity (Wildman–Crippen MR) is 84.9 cm³/mol. The number of nitrogens with two attached hydrogens (primary N) is 1. The van der Waals surface area contributed by atoms with Gasteiger partial charge in [-0.15, -0.1) is 0 Å². The van der Waals surface area contributed by atoms with Gasteiger partial charge in [0.2, 0.25) is 0 Å². The van der Waals surface area contributed by atoms with Gasteiger partial charge in [-0.05, 0) is 38.0 Å². The van der Waals surface area contributed by atoms with E-state index in [2.05, 4.69) is 36.0 Å². The standard InChI is InChI=1S/C15H27N5O/c1-10-12(13(16)18-21)14(20(5)17-10)19(4)11-6-8-15(2,3)9-7-11/h11,21H,6-9H2,1-5H3,(H2,16,18). The lowest BCUT2D eigenvalue weighted by molar-refractivity contribution is 0.222. The molecule has 0 unspecified atom stereocenters. The molecule has 1 aromatic heterocycles. The third kappa shape index (κ3) is 2.99. The number of hydrogen-bond acceptors (Lipinski definition) is 4. The highest BCUT2D eigenvalue weighted by atomic mass is 16.4. The van der Waals surface area contributed by atoms with Crippen LogP contribution in [0.15, 0.2) is 5.16 Å². The summed E-state index contributed by atoms with van der Waals surface area (Å²) < 4.78 is 1.82. The van der Waals surface area contributed by atoms with E-state index < -0.39 is 0 Å². The number of amidine groups is 1. The van der Waals surface area contributed by atoms with E-state index in [1.165, 1.54) is 12.8 Å². The van der Waals surface area contributed by atoms with E-state index in [9.17, 15) is 0 Å². The van der Waals surface area contributed by atoms with Crippen molar-refractivity contribution in [3.8, 4) is 0 Å². The molecular formula is C15H27N5O. The molecule has 0 aromatic carbocycles. The van der Waals surface area contributed by atoms with Gasteiger partial charge in [-0.1, -0.05) is 19.0 Å². The Labute approximate surface area is 126 Å². The van der Waals surface area contributed by atoms with Crippen molar-refractivity contribution in [3.05, 3.63) is 11.3 Å². The summed E-state index contributed by atoms with van der Waals surface area (Å²) in [5, 5.41) is 16.6. The summed E-state index contributed by atoms with van der Waals surface area (Å²) >= 11 is 0. The second kappa shape index (κ2) is 5.58. The molecule has 0 atom stereocenters. The van der Waals surface area contributed by atoms with E-state index in [1.807, 2.05) is 18.7 Å². The number of anilines is 1. The number of aryl methyl sites for hydroxylation is 2. The van der Waals surface area contributed by atoms with E-state index in [0.717, 1.165) is 29.9 Å². The van der Waals surface area contributed by atoms with Crippen LogP contribution >= 0.6 is 0 Å². The van der Waals surface area contributed by atoms with Crippen molar-refractivity contribution in [3.63, 3.8) is 0 Å². The van der Waals surface area contributed by atoms with E-state index in [0.29, 0.717) is 11.5 Å². The molecule has 1 fully saturated rings. The lowest BCUT2D eigenvalue weighted by Crippen LogP contribution is -2.39. The Morgan fingerprint density at radius 3 is 2.52 bits per heavy atom. The van der Waals surface area contributed by atoms with E-state index in [1.54, 1.807) is 0 Å². The predicted octanol–water partition coefficient (Wildman–Crippen LogP) is 2.23. The average Bonchev–Trinajstić information content (AvgIpc) is 2.71. The number of nitrogens with zero attached hydrogens (tertiary/aromatic N) is 4. The topological polar surface area (TPSA) is 79.7 Å². The maximum absolute atomic E-state index is 9.01. The highest BCUT2D eigenvalue weighted by Gasteiger charge is 2.31. The van der Waals surface area contributed by atoms with Crippen molar-refractivity contribution < 1.29 is 5.21 Å². The smallest absolute Gasteiger partial charge is 0.175 e. The molecule has 0 spiro atoms. The minimum absolute atomic E-state index is 0.124. The molecule has 118 valence electrons. The largest absolute Gasteiger partial charge is 0.409 e. The zero-order valence-corrected chi connectivity index (χ0v) is 13.7. The van der Waals surface area contributed by atoms with Gasteiger partial charge in [0.25, 0.3) is 0 Å². The summed E-state index contributed by atoms with van der Waals surface area (Å²) in [6.45, 7) is 6.55. The Kier molecular flexibility index (Phi) is 4.16. The zero-order valence-electron chi connectivity index (χ0n) is 13.7. The first kappa shape index (κ1) is 15.7. The summed E-state index contributed by atoms with van der Waals surface area (Å²) in [6, 6.07) is 0.470. The molecule has 1 saturated carbocycles. The van der Waals surface area contributed by atoms with Crippen molar-refractivity contribution in [1.29, 1.82) is 0 Å². The summed E-state index contributed by atoms with van der Waals surface area (Å²) in [7, 11) is 3.98. The van der Waals surface area contributed by atoms with Crippen LogP contribution in [0.1, 0.15) is 50.8 Å². The first-order chi connectivity index (χ1) is 9.76. The maximum Gasteiger partial charge on any atom is 0.175 e. The summed E-state index contributed by atoms with van der Waals surface area (Å²) in [5.74, 6) is 1.05. The number of oxime groups is 1. The van der Waals surface area contributed by atoms with Gasteiger partial charge in [-0.2, -0.15) is 5.10 Å². The lowest BCUT2D eigenvalue weighted by Gasteiger charge is -2.39. The van der Waals surface area contributed by atoms with Crippen LogP contribution in [-0.2, 0) is 7.05 Å². The van der Waals surface area contributed by atoms with Gasteiger partial charge in [0, 0.05) is 20.1 Å². The molecule has 0 aliphatic heterocycles. The molecule has 0 amide bonds. The van der Waals surface area contributed by atoms with Crippen molar-refractivity contribution >= 4 is 11.7 Å². The Morgan fingerprint density at radius 1 is 1.43 bits per heavy atom. The molecule has 6 heteroatoms. The SMILES string of the molecule is Cc1nn(C)c(N(C)C2CCC(C)(C)CC2)c1C(N)=NO. The van der Waals surface area contributed by atoms with Gasteiger partial charge in [0.05, 0.1) is 11.3 Å². The van der Waals surface area contributed by atoms with Crippen LogP contribution in [0.5, 0.6) is 0 Å². The van der Waals surface area contributed by atoms with E-state index in [-0.39, 0.29) is 5.84 Å². The highest BCUT2D eigenvalue weighted by molar-refractivity contribution is 6.02. The van der Waals surface area contributed by atoms with Gasteiger partial charge in [0.1, 0.15) is 5.82 Å². The Bertz CT molecular complexity index is 537. The number of aromatic nitrogens is 2. The fraction of sp³-hybridized carbons (Fsp3) is 0.733. The molecule has 1 heterocycles. The van der Waals surface area contributed by atoms with Crippen LogP contribution in [0, 0.1) is 12.3 Å². The molecule has 6 nitrogen and oxygen atoms in total.